The number of carbonyl (C=O) groups excluding carboxylic acids is 2. The van der Waals surface area contributed by atoms with E-state index >= 15 is 0 Å². The Bertz CT molecular complexity index is 357. The van der Waals surface area contributed by atoms with Gasteiger partial charge in [-0.2, -0.15) is 13.2 Å². The number of alkyl halides is 3. The molecule has 0 aliphatic carbocycles. The molecule has 0 radical (unpaired) electrons. The molecule has 6 nitrogen and oxygen atoms in total. The average Bonchev–Trinajstić information content (AvgIpc) is 2.36. The number of rotatable bonds is 5. The summed E-state index contributed by atoms with van der Waals surface area (Å²) in [5.74, 6) is -0.659. The lowest BCUT2D eigenvalue weighted by Gasteiger charge is -2.26. The maximum Gasteiger partial charge on any atom is 0.405 e. The SMILES string of the molecule is CN(CC(=O)NC(=O)NCC(F)(F)F)CC1CCCCO1. The average molecular weight is 311 g/mol. The Hall–Kier alpha value is -1.35. The number of likely N-dealkylation sites (N-methyl/N-ethyl adjacent to an activating group) is 1. The number of hydrogen-bond acceptors (Lipinski definition) is 4. The molecule has 21 heavy (non-hydrogen) atoms. The highest BCUT2D eigenvalue weighted by molar-refractivity contribution is 5.95. The molecule has 0 bridgehead atoms. The van der Waals surface area contributed by atoms with E-state index in [1.807, 2.05) is 5.32 Å². The van der Waals surface area contributed by atoms with Crippen LogP contribution in [0.4, 0.5) is 18.0 Å². The van der Waals surface area contributed by atoms with Crippen molar-refractivity contribution in [1.29, 1.82) is 0 Å². The number of ether oxygens (including phenoxy) is 1. The predicted octanol–water partition coefficient (Wildman–Crippen LogP) is 0.875. The smallest absolute Gasteiger partial charge is 0.377 e. The second-order valence-corrected chi connectivity index (χ2v) is 5.03. The Kier molecular flexibility index (Phi) is 6.90. The van der Waals surface area contributed by atoms with Crippen LogP contribution in [0.3, 0.4) is 0 Å². The molecule has 0 aromatic carbocycles. The monoisotopic (exact) mass is 311 g/mol. The molecule has 1 aliphatic heterocycles. The number of amides is 3. The van der Waals surface area contributed by atoms with E-state index in [0.29, 0.717) is 13.2 Å². The Labute approximate surface area is 121 Å². The summed E-state index contributed by atoms with van der Waals surface area (Å²) in [6.45, 7) is -0.320. The minimum atomic E-state index is -4.50. The summed E-state index contributed by atoms with van der Waals surface area (Å²) in [4.78, 5) is 24.2. The first-order valence-electron chi connectivity index (χ1n) is 6.71. The van der Waals surface area contributed by atoms with Gasteiger partial charge in [0, 0.05) is 13.2 Å². The molecule has 1 rings (SSSR count). The van der Waals surface area contributed by atoms with Gasteiger partial charge in [0.1, 0.15) is 6.54 Å². The zero-order valence-corrected chi connectivity index (χ0v) is 11.8. The number of carbonyl (C=O) groups is 2. The normalized spacial score (nSPS) is 19.4. The molecule has 2 N–H and O–H groups in total. The standard InChI is InChI=1S/C12H20F3N3O3/c1-18(6-9-4-2-3-5-21-9)7-10(19)17-11(20)16-8-12(13,14)15/h9H,2-8H2,1H3,(H2,16,17,19,20). The number of hydrogen-bond donors (Lipinski definition) is 2. The van der Waals surface area contributed by atoms with Gasteiger partial charge in [0.25, 0.3) is 0 Å². The fourth-order valence-corrected chi connectivity index (χ4v) is 2.00. The maximum atomic E-state index is 11.9. The number of urea groups is 1. The highest BCUT2D eigenvalue weighted by atomic mass is 19.4. The Morgan fingerprint density at radius 2 is 2.05 bits per heavy atom. The van der Waals surface area contributed by atoms with Crippen LogP contribution in [0.2, 0.25) is 0 Å². The molecular weight excluding hydrogens is 291 g/mol. The molecular formula is C12H20F3N3O3. The first kappa shape index (κ1) is 17.7. The number of nitrogens with one attached hydrogen (secondary N) is 2. The second-order valence-electron chi connectivity index (χ2n) is 5.03. The summed E-state index contributed by atoms with van der Waals surface area (Å²) in [5.41, 5.74) is 0. The van der Waals surface area contributed by atoms with E-state index in [1.165, 1.54) is 0 Å². The molecule has 0 aromatic heterocycles. The summed E-state index contributed by atoms with van der Waals surface area (Å²) >= 11 is 0. The van der Waals surface area contributed by atoms with Crippen molar-refractivity contribution in [1.82, 2.24) is 15.5 Å². The van der Waals surface area contributed by atoms with Crippen molar-refractivity contribution in [2.45, 2.75) is 31.5 Å². The van der Waals surface area contributed by atoms with Crippen LogP contribution in [-0.2, 0) is 9.53 Å². The lowest BCUT2D eigenvalue weighted by Crippen LogP contribution is -2.47. The molecule has 122 valence electrons. The molecule has 1 unspecified atom stereocenters. The minimum absolute atomic E-state index is 0.0515. The number of nitrogens with zero attached hydrogens (tertiary/aromatic N) is 1. The van der Waals surface area contributed by atoms with Gasteiger partial charge in [-0.15, -0.1) is 0 Å². The predicted molar refractivity (Wildman–Crippen MR) is 68.7 cm³/mol. The van der Waals surface area contributed by atoms with Crippen molar-refractivity contribution in [2.75, 3.05) is 33.3 Å². The molecule has 1 fully saturated rings. The third kappa shape index (κ3) is 8.51. The topological polar surface area (TPSA) is 70.7 Å². The molecule has 1 saturated heterocycles. The van der Waals surface area contributed by atoms with Crippen molar-refractivity contribution < 1.29 is 27.5 Å². The third-order valence-electron chi connectivity index (χ3n) is 2.91. The van der Waals surface area contributed by atoms with E-state index in [4.69, 9.17) is 4.74 Å². The molecule has 0 saturated carbocycles. The summed E-state index contributed by atoms with van der Waals surface area (Å²) in [6, 6.07) is -1.15. The van der Waals surface area contributed by atoms with Crippen LogP contribution >= 0.6 is 0 Å². The van der Waals surface area contributed by atoms with Gasteiger partial charge in [-0.3, -0.25) is 15.0 Å². The van der Waals surface area contributed by atoms with Gasteiger partial charge in [-0.25, -0.2) is 4.79 Å². The molecule has 0 aromatic rings. The van der Waals surface area contributed by atoms with E-state index in [-0.39, 0.29) is 12.6 Å². The number of imide groups is 1. The maximum absolute atomic E-state index is 11.9. The quantitative estimate of drug-likeness (QED) is 0.790. The van der Waals surface area contributed by atoms with Crippen LogP contribution in [0.1, 0.15) is 19.3 Å². The lowest BCUT2D eigenvalue weighted by molar-refractivity contribution is -0.125. The van der Waals surface area contributed by atoms with Gasteiger partial charge in [-0.05, 0) is 26.3 Å². The van der Waals surface area contributed by atoms with Crippen LogP contribution < -0.4 is 10.6 Å². The summed E-state index contributed by atoms with van der Waals surface area (Å²) < 4.78 is 41.1. The Balaban J connectivity index is 2.21. The highest BCUT2D eigenvalue weighted by Crippen LogP contribution is 2.13. The Morgan fingerprint density at radius 1 is 1.33 bits per heavy atom. The van der Waals surface area contributed by atoms with Crippen LogP contribution in [0, 0.1) is 0 Å². The number of halogens is 3. The lowest BCUT2D eigenvalue weighted by atomic mass is 10.1. The largest absolute Gasteiger partial charge is 0.405 e. The first-order chi connectivity index (χ1) is 9.76. The van der Waals surface area contributed by atoms with Crippen molar-refractivity contribution in [3.63, 3.8) is 0 Å². The van der Waals surface area contributed by atoms with Crippen LogP contribution in [0.15, 0.2) is 0 Å². The molecule has 3 amide bonds. The van der Waals surface area contributed by atoms with E-state index in [1.54, 1.807) is 17.3 Å². The fourth-order valence-electron chi connectivity index (χ4n) is 2.00. The van der Waals surface area contributed by atoms with Gasteiger partial charge >= 0.3 is 12.2 Å². The van der Waals surface area contributed by atoms with Gasteiger partial charge in [0.05, 0.1) is 12.6 Å². The summed E-state index contributed by atoms with van der Waals surface area (Å²) in [7, 11) is 1.69. The molecule has 9 heteroatoms. The van der Waals surface area contributed by atoms with E-state index in [2.05, 4.69) is 0 Å². The third-order valence-corrected chi connectivity index (χ3v) is 2.91. The van der Waals surface area contributed by atoms with Crippen molar-refractivity contribution in [2.24, 2.45) is 0 Å². The van der Waals surface area contributed by atoms with Crippen molar-refractivity contribution in [3.05, 3.63) is 0 Å². The van der Waals surface area contributed by atoms with Gasteiger partial charge in [0.15, 0.2) is 0 Å². The highest BCUT2D eigenvalue weighted by Gasteiger charge is 2.28. The first-order valence-corrected chi connectivity index (χ1v) is 6.71. The molecule has 0 spiro atoms. The van der Waals surface area contributed by atoms with E-state index < -0.39 is 24.7 Å². The van der Waals surface area contributed by atoms with Crippen molar-refractivity contribution in [3.8, 4) is 0 Å². The van der Waals surface area contributed by atoms with Gasteiger partial charge in [-0.1, -0.05) is 0 Å². The van der Waals surface area contributed by atoms with E-state index in [0.717, 1.165) is 19.3 Å². The molecule has 1 atom stereocenters. The zero-order valence-electron chi connectivity index (χ0n) is 11.8. The van der Waals surface area contributed by atoms with E-state index in [9.17, 15) is 22.8 Å². The van der Waals surface area contributed by atoms with Gasteiger partial charge in [0.2, 0.25) is 5.91 Å². The zero-order chi connectivity index (χ0) is 15.9. The van der Waals surface area contributed by atoms with Crippen LogP contribution in [-0.4, -0.2) is 62.4 Å². The molecule has 1 heterocycles. The van der Waals surface area contributed by atoms with Gasteiger partial charge < -0.3 is 10.1 Å². The summed E-state index contributed by atoms with van der Waals surface area (Å²) in [5, 5.41) is 3.42. The fraction of sp³-hybridized carbons (Fsp3) is 0.833. The Morgan fingerprint density at radius 3 is 2.62 bits per heavy atom. The molecule has 1 aliphatic rings. The van der Waals surface area contributed by atoms with Crippen LogP contribution in [0.5, 0.6) is 0 Å². The summed E-state index contributed by atoms with van der Waals surface area (Å²) in [6.07, 6.45) is -1.44. The van der Waals surface area contributed by atoms with Crippen molar-refractivity contribution >= 4 is 11.9 Å². The minimum Gasteiger partial charge on any atom is -0.377 e. The second kappa shape index (κ2) is 8.18. The van der Waals surface area contributed by atoms with Crippen LogP contribution in [0.25, 0.3) is 0 Å².